The van der Waals surface area contributed by atoms with Crippen molar-refractivity contribution in [2.75, 3.05) is 33.4 Å². The van der Waals surface area contributed by atoms with Crippen LogP contribution in [0.5, 0.6) is 5.75 Å². The number of nitrogens with one attached hydrogen (secondary N) is 1. The predicted molar refractivity (Wildman–Crippen MR) is 132 cm³/mol. The maximum absolute atomic E-state index is 13.8. The van der Waals surface area contributed by atoms with Crippen LogP contribution in [-0.2, 0) is 16.8 Å². The van der Waals surface area contributed by atoms with Crippen molar-refractivity contribution in [2.45, 2.75) is 50.1 Å². The number of aromatic nitrogens is 2. The molecule has 0 radical (unpaired) electrons. The van der Waals surface area contributed by atoms with Crippen molar-refractivity contribution in [3.05, 3.63) is 46.0 Å². The minimum atomic E-state index is -0.332. The fourth-order valence-electron chi connectivity index (χ4n) is 6.52. The van der Waals surface area contributed by atoms with E-state index in [2.05, 4.69) is 20.9 Å². The molecule has 2 aliphatic heterocycles. The number of nitrogens with zero attached hydrogens (tertiary/aromatic N) is 3. The first-order valence-corrected chi connectivity index (χ1v) is 13.2. The Kier molecular flexibility index (Phi) is 5.62. The average molecular weight is 481 g/mol. The molecule has 1 aromatic carbocycles. The van der Waals surface area contributed by atoms with Crippen LogP contribution in [0.3, 0.4) is 0 Å². The molecule has 1 amide bonds. The number of aliphatic hydroxyl groups is 1. The van der Waals surface area contributed by atoms with Gasteiger partial charge in [-0.15, -0.1) is 11.3 Å². The van der Waals surface area contributed by atoms with Gasteiger partial charge in [0.05, 0.1) is 26.3 Å². The maximum atomic E-state index is 13.8. The number of hydrogen-bond acceptors (Lipinski definition) is 6. The van der Waals surface area contributed by atoms with E-state index in [0.29, 0.717) is 6.54 Å². The summed E-state index contributed by atoms with van der Waals surface area (Å²) in [6.07, 6.45) is 7.26. The Morgan fingerprint density at radius 3 is 2.79 bits per heavy atom. The van der Waals surface area contributed by atoms with Gasteiger partial charge in [0.1, 0.15) is 10.8 Å². The van der Waals surface area contributed by atoms with Crippen molar-refractivity contribution < 1.29 is 14.6 Å². The van der Waals surface area contributed by atoms with Gasteiger partial charge in [0, 0.05) is 65.2 Å². The van der Waals surface area contributed by atoms with Crippen LogP contribution in [0.15, 0.2) is 29.8 Å². The maximum Gasteiger partial charge on any atom is 0.226 e. The summed E-state index contributed by atoms with van der Waals surface area (Å²) < 4.78 is 5.47. The first-order chi connectivity index (χ1) is 16.6. The SMILES string of the molecule is COc1ccc2c3c([nH]c2c1)[C@@H](CO)N(C(=O)C1CCCCC1)CC31CN(Cc2nccs2)C1. The lowest BCUT2D eigenvalue weighted by Crippen LogP contribution is -2.67. The number of carbonyl (C=O) groups excluding carboxylic acids is 1. The Balaban J connectivity index is 1.40. The first kappa shape index (κ1) is 22.1. The van der Waals surface area contributed by atoms with Crippen LogP contribution in [0.2, 0.25) is 0 Å². The zero-order chi connectivity index (χ0) is 23.3. The van der Waals surface area contributed by atoms with Gasteiger partial charge in [-0.25, -0.2) is 4.98 Å². The summed E-state index contributed by atoms with van der Waals surface area (Å²) in [6, 6.07) is 5.82. The molecule has 8 heteroatoms. The molecule has 1 atom stereocenters. The number of carbonyl (C=O) groups is 1. The molecule has 0 bridgehead atoms. The molecule has 3 aliphatic rings. The molecule has 7 nitrogen and oxygen atoms in total. The summed E-state index contributed by atoms with van der Waals surface area (Å²) in [5.74, 6) is 1.10. The molecule has 1 aliphatic carbocycles. The van der Waals surface area contributed by atoms with Crippen LogP contribution in [0.1, 0.15) is 54.4 Å². The number of methoxy groups -OCH3 is 1. The molecule has 34 heavy (non-hydrogen) atoms. The van der Waals surface area contributed by atoms with E-state index >= 15 is 0 Å². The highest BCUT2D eigenvalue weighted by Gasteiger charge is 2.54. The van der Waals surface area contributed by atoms with Gasteiger partial charge in [-0.1, -0.05) is 19.3 Å². The highest BCUT2D eigenvalue weighted by atomic mass is 32.1. The molecule has 1 saturated carbocycles. The van der Waals surface area contributed by atoms with Crippen LogP contribution in [0.4, 0.5) is 0 Å². The molecular formula is C26H32N4O3S. The molecule has 6 rings (SSSR count). The lowest BCUT2D eigenvalue weighted by atomic mass is 9.68. The summed E-state index contributed by atoms with van der Waals surface area (Å²) in [6.45, 7) is 3.18. The fraction of sp³-hybridized carbons (Fsp3) is 0.538. The number of hydrogen-bond donors (Lipinski definition) is 2. The van der Waals surface area contributed by atoms with Gasteiger partial charge in [-0.3, -0.25) is 9.69 Å². The van der Waals surface area contributed by atoms with Gasteiger partial charge in [0.25, 0.3) is 0 Å². The Labute approximate surface area is 203 Å². The molecule has 1 spiro atoms. The molecular weight excluding hydrogens is 448 g/mol. The van der Waals surface area contributed by atoms with E-state index in [-0.39, 0.29) is 29.9 Å². The second kappa shape index (κ2) is 8.66. The summed E-state index contributed by atoms with van der Waals surface area (Å²) >= 11 is 1.69. The number of thiazole rings is 1. The predicted octanol–water partition coefficient (Wildman–Crippen LogP) is 3.84. The Bertz CT molecular complexity index is 1180. The number of aliphatic hydroxyl groups excluding tert-OH is 1. The second-order valence-corrected chi connectivity index (χ2v) is 11.2. The highest BCUT2D eigenvalue weighted by Crippen LogP contribution is 2.49. The molecule has 2 N–H and O–H groups in total. The van der Waals surface area contributed by atoms with E-state index in [1.54, 1.807) is 18.4 Å². The lowest BCUT2D eigenvalue weighted by Gasteiger charge is -2.56. The summed E-state index contributed by atoms with van der Waals surface area (Å²) in [5.41, 5.74) is 3.13. The van der Waals surface area contributed by atoms with Crippen LogP contribution >= 0.6 is 11.3 Å². The topological polar surface area (TPSA) is 81.7 Å². The third-order valence-electron chi connectivity index (χ3n) is 8.05. The normalized spacial score (nSPS) is 22.6. The minimum Gasteiger partial charge on any atom is -0.497 e. The van der Waals surface area contributed by atoms with Crippen molar-refractivity contribution in [2.24, 2.45) is 5.92 Å². The van der Waals surface area contributed by atoms with E-state index in [1.165, 1.54) is 17.4 Å². The van der Waals surface area contributed by atoms with Crippen molar-refractivity contribution >= 4 is 28.1 Å². The number of amides is 1. The summed E-state index contributed by atoms with van der Waals surface area (Å²) in [7, 11) is 1.68. The van der Waals surface area contributed by atoms with Gasteiger partial charge in [-0.05, 0) is 30.5 Å². The number of likely N-dealkylation sites (tertiary alicyclic amines) is 1. The highest BCUT2D eigenvalue weighted by molar-refractivity contribution is 7.09. The fourth-order valence-corrected chi connectivity index (χ4v) is 7.18. The first-order valence-electron chi connectivity index (χ1n) is 12.3. The van der Waals surface area contributed by atoms with E-state index in [1.807, 2.05) is 28.6 Å². The number of ether oxygens (including phenoxy) is 1. The molecule has 2 aromatic heterocycles. The van der Waals surface area contributed by atoms with E-state index in [4.69, 9.17) is 4.74 Å². The Morgan fingerprint density at radius 2 is 2.09 bits per heavy atom. The molecule has 3 aromatic rings. The monoisotopic (exact) mass is 480 g/mol. The smallest absolute Gasteiger partial charge is 0.226 e. The quantitative estimate of drug-likeness (QED) is 0.580. The average Bonchev–Trinajstić information content (AvgIpc) is 3.50. The molecule has 4 heterocycles. The number of fused-ring (bicyclic) bond motifs is 4. The van der Waals surface area contributed by atoms with Crippen LogP contribution in [-0.4, -0.2) is 64.1 Å². The third kappa shape index (κ3) is 3.54. The van der Waals surface area contributed by atoms with Crippen molar-refractivity contribution in [1.29, 1.82) is 0 Å². The van der Waals surface area contributed by atoms with Gasteiger partial charge < -0.3 is 19.7 Å². The molecule has 180 valence electrons. The Morgan fingerprint density at radius 1 is 1.26 bits per heavy atom. The number of H-pyrrole nitrogens is 1. The zero-order valence-corrected chi connectivity index (χ0v) is 20.4. The standard InChI is InChI=1S/C26H32N4O3S/c1-33-18-7-8-19-20(11-18)28-24-21(13-31)30(25(32)17-5-3-2-4-6-17)16-26(23(19)24)14-29(15-26)12-22-27-9-10-34-22/h7-11,17,21,28,31H,2-6,12-16H2,1H3/t21-/m1/s1. The third-order valence-corrected chi connectivity index (χ3v) is 8.82. The van der Waals surface area contributed by atoms with Gasteiger partial charge in [-0.2, -0.15) is 0 Å². The van der Waals surface area contributed by atoms with Gasteiger partial charge >= 0.3 is 0 Å². The number of aromatic amines is 1. The molecule has 1 saturated heterocycles. The lowest BCUT2D eigenvalue weighted by molar-refractivity contribution is -0.144. The van der Waals surface area contributed by atoms with Crippen molar-refractivity contribution in [3.63, 3.8) is 0 Å². The van der Waals surface area contributed by atoms with E-state index in [9.17, 15) is 9.90 Å². The van der Waals surface area contributed by atoms with E-state index < -0.39 is 0 Å². The van der Waals surface area contributed by atoms with Crippen molar-refractivity contribution in [1.82, 2.24) is 19.8 Å². The zero-order valence-electron chi connectivity index (χ0n) is 19.6. The number of rotatable bonds is 5. The van der Waals surface area contributed by atoms with Gasteiger partial charge in [0.15, 0.2) is 0 Å². The van der Waals surface area contributed by atoms with Gasteiger partial charge in [0.2, 0.25) is 5.91 Å². The Hall–Kier alpha value is -2.42. The van der Waals surface area contributed by atoms with Crippen LogP contribution in [0, 0.1) is 5.92 Å². The van der Waals surface area contributed by atoms with Crippen LogP contribution in [0.25, 0.3) is 10.9 Å². The van der Waals surface area contributed by atoms with Crippen LogP contribution < -0.4 is 4.74 Å². The number of benzene rings is 1. The van der Waals surface area contributed by atoms with Crippen molar-refractivity contribution in [3.8, 4) is 5.75 Å². The largest absolute Gasteiger partial charge is 0.497 e. The minimum absolute atomic E-state index is 0.0751. The summed E-state index contributed by atoms with van der Waals surface area (Å²) in [5, 5.41) is 14.8. The second-order valence-electron chi connectivity index (χ2n) is 10.2. The summed E-state index contributed by atoms with van der Waals surface area (Å²) in [4.78, 5) is 26.3. The molecule has 2 fully saturated rings. The molecule has 0 unspecified atom stereocenters. The van der Waals surface area contributed by atoms with E-state index in [0.717, 1.165) is 67.3 Å².